The maximum Gasteiger partial charge on any atom is 0.445 e. The lowest BCUT2D eigenvalue weighted by molar-refractivity contribution is -0.138. The molecule has 0 N–H and O–H groups in total. The van der Waals surface area contributed by atoms with E-state index in [2.05, 4.69) is 22.2 Å². The molecule has 1 aliphatic rings. The van der Waals surface area contributed by atoms with E-state index in [9.17, 15) is 18.0 Å². The molecular weight excluding hydrogens is 451 g/mol. The summed E-state index contributed by atoms with van der Waals surface area (Å²) in [5.41, 5.74) is 3.31. The number of aryl methyl sites for hydroxylation is 3. The quantitative estimate of drug-likeness (QED) is 0.511. The van der Waals surface area contributed by atoms with E-state index in [1.165, 1.54) is 0 Å². The number of hydrogen-bond acceptors (Lipinski definition) is 5. The van der Waals surface area contributed by atoms with Crippen molar-refractivity contribution in [2.24, 2.45) is 13.0 Å². The number of nitrogens with zero attached hydrogens (tertiary/aromatic N) is 5. The molecule has 2 aromatic heterocycles. The van der Waals surface area contributed by atoms with Gasteiger partial charge >= 0.3 is 6.18 Å². The lowest BCUT2D eigenvalue weighted by Gasteiger charge is -2.40. The second kappa shape index (κ2) is 9.24. The van der Waals surface area contributed by atoms with Gasteiger partial charge in [-0.05, 0) is 43.7 Å². The van der Waals surface area contributed by atoms with Gasteiger partial charge in [-0.3, -0.25) is 9.48 Å². The number of likely N-dealkylation sites (tertiary alicyclic amines) is 1. The van der Waals surface area contributed by atoms with Gasteiger partial charge in [0.2, 0.25) is 5.01 Å². The Bertz CT molecular complexity index is 1140. The van der Waals surface area contributed by atoms with E-state index >= 15 is 0 Å². The van der Waals surface area contributed by atoms with Crippen molar-refractivity contribution in [3.63, 3.8) is 0 Å². The number of hydrogen-bond donors (Lipinski definition) is 0. The first-order valence-corrected chi connectivity index (χ1v) is 11.8. The third-order valence-corrected chi connectivity index (χ3v) is 7.19. The normalized spacial score (nSPS) is 19.2. The van der Waals surface area contributed by atoms with Crippen molar-refractivity contribution in [2.75, 3.05) is 6.54 Å². The summed E-state index contributed by atoms with van der Waals surface area (Å²) in [6.45, 7) is 4.68. The molecule has 1 fully saturated rings. The molecule has 4 rings (SSSR count). The minimum Gasteiger partial charge on any atom is -0.335 e. The maximum absolute atomic E-state index is 13.8. The second-order valence-electron chi connectivity index (χ2n) is 8.67. The van der Waals surface area contributed by atoms with E-state index in [4.69, 9.17) is 0 Å². The monoisotopic (exact) mass is 477 g/mol. The van der Waals surface area contributed by atoms with Gasteiger partial charge in [-0.15, -0.1) is 10.2 Å². The van der Waals surface area contributed by atoms with Gasteiger partial charge in [0.15, 0.2) is 0 Å². The molecule has 2 atom stereocenters. The lowest BCUT2D eigenvalue weighted by Crippen LogP contribution is -2.48. The van der Waals surface area contributed by atoms with Crippen LogP contribution in [-0.4, -0.2) is 43.4 Å². The molecule has 1 aliphatic heterocycles. The number of alkyl halides is 3. The smallest absolute Gasteiger partial charge is 0.335 e. The van der Waals surface area contributed by atoms with Crippen LogP contribution in [-0.2, 0) is 19.6 Å². The molecular formula is C23H26F3N5OS. The highest BCUT2D eigenvalue weighted by molar-refractivity contribution is 7.11. The molecule has 3 aromatic rings. The summed E-state index contributed by atoms with van der Waals surface area (Å²) in [4.78, 5) is 15.7. The van der Waals surface area contributed by atoms with Crippen LogP contribution in [0.4, 0.5) is 13.2 Å². The van der Waals surface area contributed by atoms with Crippen molar-refractivity contribution in [1.82, 2.24) is 24.9 Å². The maximum atomic E-state index is 13.8. The molecule has 1 aromatic carbocycles. The highest BCUT2D eigenvalue weighted by Crippen LogP contribution is 2.34. The highest BCUT2D eigenvalue weighted by atomic mass is 32.1. The number of rotatable bonds is 5. The van der Waals surface area contributed by atoms with Crippen molar-refractivity contribution < 1.29 is 18.0 Å². The fraction of sp³-hybridized carbons (Fsp3) is 0.478. The fourth-order valence-corrected chi connectivity index (χ4v) is 5.21. The van der Waals surface area contributed by atoms with Crippen LogP contribution in [0.1, 0.15) is 52.1 Å². The van der Waals surface area contributed by atoms with E-state index in [-0.39, 0.29) is 17.9 Å². The van der Waals surface area contributed by atoms with Crippen molar-refractivity contribution in [3.8, 4) is 11.1 Å². The topological polar surface area (TPSA) is 63.9 Å². The molecule has 0 radical (unpaired) electrons. The third kappa shape index (κ3) is 5.10. The van der Waals surface area contributed by atoms with Crippen molar-refractivity contribution in [3.05, 3.63) is 51.7 Å². The van der Waals surface area contributed by atoms with Crippen LogP contribution >= 0.6 is 11.3 Å². The first-order valence-electron chi connectivity index (χ1n) is 10.9. The van der Waals surface area contributed by atoms with E-state index < -0.39 is 11.2 Å². The van der Waals surface area contributed by atoms with Crippen LogP contribution in [0.25, 0.3) is 11.1 Å². The zero-order chi connectivity index (χ0) is 23.8. The molecule has 1 saturated heterocycles. The van der Waals surface area contributed by atoms with Gasteiger partial charge in [-0.25, -0.2) is 0 Å². The van der Waals surface area contributed by atoms with E-state index in [0.29, 0.717) is 41.3 Å². The number of piperidine rings is 1. The molecule has 0 unspecified atom stereocenters. The number of halogens is 3. The SMILES string of the molecule is Cc1ccc(-c2cnn(C)c2)c(C(=O)N2CCC[C@@H](C)[C@H]2CCc2nnc(C(F)(F)F)s2)c1. The first-order chi connectivity index (χ1) is 15.6. The molecule has 3 heterocycles. The van der Waals surface area contributed by atoms with E-state index in [1.54, 1.807) is 10.9 Å². The number of carbonyl (C=O) groups is 1. The van der Waals surface area contributed by atoms with Crippen LogP contribution in [0, 0.1) is 12.8 Å². The van der Waals surface area contributed by atoms with Gasteiger partial charge in [-0.1, -0.05) is 36.0 Å². The third-order valence-electron chi connectivity index (χ3n) is 6.16. The average Bonchev–Trinajstić information content (AvgIpc) is 3.41. The number of benzene rings is 1. The summed E-state index contributed by atoms with van der Waals surface area (Å²) in [7, 11) is 1.83. The summed E-state index contributed by atoms with van der Waals surface area (Å²) >= 11 is 0.580. The van der Waals surface area contributed by atoms with Crippen LogP contribution in [0.5, 0.6) is 0 Å². The summed E-state index contributed by atoms with van der Waals surface area (Å²) in [5.74, 6) is 0.187. The predicted molar refractivity (Wildman–Crippen MR) is 120 cm³/mol. The number of carbonyl (C=O) groups excluding carboxylic acids is 1. The van der Waals surface area contributed by atoms with Gasteiger partial charge in [0.05, 0.1) is 6.20 Å². The summed E-state index contributed by atoms with van der Waals surface area (Å²) < 4.78 is 40.3. The van der Waals surface area contributed by atoms with Crippen LogP contribution in [0.15, 0.2) is 30.6 Å². The molecule has 33 heavy (non-hydrogen) atoms. The Balaban J connectivity index is 1.58. The Morgan fingerprint density at radius 1 is 1.27 bits per heavy atom. The molecule has 176 valence electrons. The second-order valence-corrected chi connectivity index (χ2v) is 9.74. The van der Waals surface area contributed by atoms with E-state index in [0.717, 1.165) is 29.5 Å². The molecule has 0 bridgehead atoms. The Morgan fingerprint density at radius 3 is 2.73 bits per heavy atom. The Morgan fingerprint density at radius 2 is 2.06 bits per heavy atom. The summed E-state index contributed by atoms with van der Waals surface area (Å²) in [5, 5.41) is 10.7. The van der Waals surface area contributed by atoms with Crippen molar-refractivity contribution in [1.29, 1.82) is 0 Å². The Kier molecular flexibility index (Phi) is 6.56. The number of aromatic nitrogens is 4. The van der Waals surface area contributed by atoms with Crippen LogP contribution < -0.4 is 0 Å². The van der Waals surface area contributed by atoms with E-state index in [1.807, 2.05) is 43.3 Å². The zero-order valence-electron chi connectivity index (χ0n) is 18.8. The van der Waals surface area contributed by atoms with Crippen LogP contribution in [0.2, 0.25) is 0 Å². The Labute approximate surface area is 194 Å². The number of amides is 1. The first kappa shape index (κ1) is 23.4. The molecule has 10 heteroatoms. The standard InChI is InChI=1S/C23H26F3N5OS/c1-14-6-7-17(16-12-27-30(3)13-16)18(11-14)21(32)31-10-4-5-15(2)19(31)8-9-20-28-29-22(33-20)23(24,25)26/h6-7,11-13,15,19H,4-5,8-10H2,1-3H3/t15-,19-/m1/s1. The zero-order valence-corrected chi connectivity index (χ0v) is 19.6. The van der Waals surface area contributed by atoms with Crippen LogP contribution in [0.3, 0.4) is 0 Å². The van der Waals surface area contributed by atoms with Gasteiger partial charge in [0, 0.05) is 43.4 Å². The minimum atomic E-state index is -4.48. The van der Waals surface area contributed by atoms with Gasteiger partial charge in [-0.2, -0.15) is 18.3 Å². The molecule has 0 aliphatic carbocycles. The molecule has 0 spiro atoms. The highest BCUT2D eigenvalue weighted by Gasteiger charge is 2.36. The minimum absolute atomic E-state index is 0.0534. The largest absolute Gasteiger partial charge is 0.445 e. The Hall–Kier alpha value is -2.75. The van der Waals surface area contributed by atoms with Gasteiger partial charge in [0.25, 0.3) is 5.91 Å². The molecule has 1 amide bonds. The van der Waals surface area contributed by atoms with Gasteiger partial charge in [0.1, 0.15) is 5.01 Å². The van der Waals surface area contributed by atoms with Crippen molar-refractivity contribution in [2.45, 2.75) is 51.7 Å². The molecule has 0 saturated carbocycles. The molecule has 6 nitrogen and oxygen atoms in total. The van der Waals surface area contributed by atoms with Gasteiger partial charge < -0.3 is 4.90 Å². The average molecular weight is 478 g/mol. The summed E-state index contributed by atoms with van der Waals surface area (Å²) in [6, 6.07) is 5.75. The summed E-state index contributed by atoms with van der Waals surface area (Å²) in [6.07, 6.45) is 1.92. The fourth-order valence-electron chi connectivity index (χ4n) is 4.48. The van der Waals surface area contributed by atoms with Crippen molar-refractivity contribution >= 4 is 17.2 Å². The lowest BCUT2D eigenvalue weighted by atomic mass is 9.87. The predicted octanol–water partition coefficient (Wildman–Crippen LogP) is 5.14.